The van der Waals surface area contributed by atoms with Crippen LogP contribution in [0.1, 0.15) is 6.92 Å². The second-order valence-corrected chi connectivity index (χ2v) is 7.67. The average molecular weight is 306 g/mol. The molecule has 0 spiro atoms. The van der Waals surface area contributed by atoms with Crippen LogP contribution >= 0.6 is 11.8 Å². The molecule has 1 unspecified atom stereocenters. The van der Waals surface area contributed by atoms with Crippen molar-refractivity contribution >= 4 is 33.4 Å². The number of hydrogen-bond acceptors (Lipinski definition) is 7. The molecular formula is C10H15FN4O2S2. The third-order valence-corrected chi connectivity index (χ3v) is 6.21. The molecule has 1 aliphatic rings. The molecule has 0 saturated carbocycles. The van der Waals surface area contributed by atoms with Gasteiger partial charge in [0.15, 0.2) is 21.5 Å². The van der Waals surface area contributed by atoms with E-state index in [-0.39, 0.29) is 17.5 Å². The minimum Gasteiger partial charge on any atom is -0.368 e. The van der Waals surface area contributed by atoms with Crippen LogP contribution in [-0.2, 0) is 9.84 Å². The fraction of sp³-hybridized carbons (Fsp3) is 0.600. The van der Waals surface area contributed by atoms with Gasteiger partial charge in [-0.25, -0.2) is 17.8 Å². The van der Waals surface area contributed by atoms with Crippen LogP contribution in [0.3, 0.4) is 0 Å². The van der Waals surface area contributed by atoms with Gasteiger partial charge in [0, 0.05) is 23.8 Å². The minimum atomic E-state index is -3.31. The Morgan fingerprint density at radius 1 is 1.63 bits per heavy atom. The predicted octanol–water partition coefficient (Wildman–Crippen LogP) is 0.512. The lowest BCUT2D eigenvalue weighted by atomic mass is 10.4. The van der Waals surface area contributed by atoms with Gasteiger partial charge in [-0.2, -0.15) is 16.7 Å². The van der Waals surface area contributed by atoms with E-state index in [0.717, 1.165) is 11.9 Å². The van der Waals surface area contributed by atoms with Crippen molar-refractivity contribution < 1.29 is 12.8 Å². The van der Waals surface area contributed by atoms with E-state index in [1.54, 1.807) is 6.92 Å². The Bertz CT molecular complexity index is 567. The lowest BCUT2D eigenvalue weighted by Crippen LogP contribution is -2.48. The number of hydrogen-bond donors (Lipinski definition) is 1. The fourth-order valence-corrected chi connectivity index (χ4v) is 4.86. The summed E-state index contributed by atoms with van der Waals surface area (Å²) in [5, 5.41) is -0.764. The van der Waals surface area contributed by atoms with Gasteiger partial charge in [-0.15, -0.1) is 0 Å². The van der Waals surface area contributed by atoms with Crippen molar-refractivity contribution in [3.05, 3.63) is 12.0 Å². The molecule has 0 aliphatic carbocycles. The zero-order valence-corrected chi connectivity index (χ0v) is 12.0. The Balaban J connectivity index is 2.42. The third kappa shape index (κ3) is 2.92. The van der Waals surface area contributed by atoms with Crippen LogP contribution in [0.5, 0.6) is 0 Å². The van der Waals surface area contributed by atoms with Crippen molar-refractivity contribution in [3.63, 3.8) is 0 Å². The summed E-state index contributed by atoms with van der Waals surface area (Å²) in [5.41, 5.74) is 5.45. The minimum absolute atomic E-state index is 0.0108. The fourth-order valence-electron chi connectivity index (χ4n) is 1.89. The summed E-state index contributed by atoms with van der Waals surface area (Å²) in [6.45, 7) is 2.00. The molecule has 1 atom stereocenters. The number of nitrogens with zero attached hydrogens (tertiary/aromatic N) is 3. The average Bonchev–Trinajstić information content (AvgIpc) is 2.41. The quantitative estimate of drug-likeness (QED) is 0.870. The van der Waals surface area contributed by atoms with Gasteiger partial charge in [0.2, 0.25) is 5.95 Å². The second kappa shape index (κ2) is 5.49. The first-order chi connectivity index (χ1) is 8.95. The normalized spacial score (nSPS) is 20.5. The highest BCUT2D eigenvalue weighted by Gasteiger charge is 2.35. The van der Waals surface area contributed by atoms with E-state index in [1.165, 1.54) is 16.7 Å². The molecule has 19 heavy (non-hydrogen) atoms. The van der Waals surface area contributed by atoms with Crippen molar-refractivity contribution in [1.82, 2.24) is 9.97 Å². The molecule has 1 aromatic rings. The lowest BCUT2D eigenvalue weighted by molar-refractivity contribution is 0.570. The Morgan fingerprint density at radius 3 is 3.05 bits per heavy atom. The molecule has 106 valence electrons. The highest BCUT2D eigenvalue weighted by atomic mass is 32.2. The number of rotatable bonds is 3. The number of nitrogen functional groups attached to an aromatic ring is 1. The van der Waals surface area contributed by atoms with Crippen molar-refractivity contribution in [3.8, 4) is 0 Å². The largest absolute Gasteiger partial charge is 0.368 e. The van der Waals surface area contributed by atoms with Gasteiger partial charge in [0.1, 0.15) is 5.37 Å². The number of halogens is 1. The van der Waals surface area contributed by atoms with Crippen LogP contribution in [0, 0.1) is 5.82 Å². The van der Waals surface area contributed by atoms with Gasteiger partial charge in [-0.05, 0) is 0 Å². The van der Waals surface area contributed by atoms with Crippen LogP contribution in [0.15, 0.2) is 6.20 Å². The van der Waals surface area contributed by atoms with Crippen molar-refractivity contribution in [2.24, 2.45) is 0 Å². The molecule has 9 heteroatoms. The molecule has 1 saturated heterocycles. The maximum atomic E-state index is 13.8. The van der Waals surface area contributed by atoms with Gasteiger partial charge in [0.05, 0.1) is 6.20 Å². The molecule has 2 N–H and O–H groups in total. The SMILES string of the molecule is CCS(=O)(=O)C1CSCCN1c1nc(N)ncc1F. The maximum absolute atomic E-state index is 13.8. The molecule has 6 nitrogen and oxygen atoms in total. The molecule has 0 aromatic carbocycles. The van der Waals surface area contributed by atoms with E-state index in [4.69, 9.17) is 5.73 Å². The predicted molar refractivity (Wildman–Crippen MR) is 74.3 cm³/mol. The number of aromatic nitrogens is 2. The van der Waals surface area contributed by atoms with E-state index in [2.05, 4.69) is 9.97 Å². The molecule has 1 fully saturated rings. The van der Waals surface area contributed by atoms with Crippen molar-refractivity contribution in [2.45, 2.75) is 12.3 Å². The summed E-state index contributed by atoms with van der Waals surface area (Å²) in [5.74, 6) is 0.379. The summed E-state index contributed by atoms with van der Waals surface area (Å²) >= 11 is 1.54. The number of sulfone groups is 1. The summed E-state index contributed by atoms with van der Waals surface area (Å²) in [6.07, 6.45) is 0.967. The van der Waals surface area contributed by atoms with E-state index in [1.807, 2.05) is 0 Å². The summed E-state index contributed by atoms with van der Waals surface area (Å²) in [7, 11) is -3.31. The first-order valence-corrected chi connectivity index (χ1v) is 8.66. The van der Waals surface area contributed by atoms with E-state index < -0.39 is 21.0 Å². The Morgan fingerprint density at radius 2 is 2.37 bits per heavy atom. The Kier molecular flexibility index (Phi) is 4.14. The van der Waals surface area contributed by atoms with Crippen LogP contribution in [-0.4, -0.2) is 47.6 Å². The first kappa shape index (κ1) is 14.3. The molecule has 0 amide bonds. The van der Waals surface area contributed by atoms with Crippen molar-refractivity contribution in [1.29, 1.82) is 0 Å². The van der Waals surface area contributed by atoms with Gasteiger partial charge in [-0.3, -0.25) is 0 Å². The van der Waals surface area contributed by atoms with Crippen LogP contribution in [0.25, 0.3) is 0 Å². The Labute approximate surface area is 115 Å². The first-order valence-electron chi connectivity index (χ1n) is 5.79. The van der Waals surface area contributed by atoms with E-state index in [0.29, 0.717) is 12.3 Å². The van der Waals surface area contributed by atoms with Gasteiger partial charge < -0.3 is 10.6 Å². The topological polar surface area (TPSA) is 89.2 Å². The molecule has 0 bridgehead atoms. The zero-order valence-electron chi connectivity index (χ0n) is 10.4. The summed E-state index contributed by atoms with van der Waals surface area (Å²) < 4.78 is 38.0. The lowest BCUT2D eigenvalue weighted by Gasteiger charge is -2.35. The van der Waals surface area contributed by atoms with Gasteiger partial charge >= 0.3 is 0 Å². The molecule has 1 aromatic heterocycles. The monoisotopic (exact) mass is 306 g/mol. The highest BCUT2D eigenvalue weighted by Crippen LogP contribution is 2.27. The molecular weight excluding hydrogens is 291 g/mol. The third-order valence-electron chi connectivity index (χ3n) is 2.92. The molecule has 1 aliphatic heterocycles. The van der Waals surface area contributed by atoms with Crippen LogP contribution < -0.4 is 10.6 Å². The standard InChI is InChI=1S/C10H15FN4O2S2/c1-2-19(16,17)8-6-18-4-3-15(8)9-7(11)5-13-10(12)14-9/h5,8H,2-4,6H2,1H3,(H2,12,13,14). The zero-order chi connectivity index (χ0) is 14.0. The molecule has 2 rings (SSSR count). The van der Waals surface area contributed by atoms with Gasteiger partial charge in [-0.1, -0.05) is 6.92 Å². The molecule has 0 radical (unpaired) electrons. The van der Waals surface area contributed by atoms with Gasteiger partial charge in [0.25, 0.3) is 0 Å². The number of anilines is 2. The molecule has 2 heterocycles. The number of nitrogens with two attached hydrogens (primary N) is 1. The second-order valence-electron chi connectivity index (χ2n) is 4.07. The number of thioether (sulfide) groups is 1. The van der Waals surface area contributed by atoms with Crippen molar-refractivity contribution in [2.75, 3.05) is 34.4 Å². The van der Waals surface area contributed by atoms with Crippen LogP contribution in [0.4, 0.5) is 16.2 Å². The maximum Gasteiger partial charge on any atom is 0.222 e. The summed E-state index contributed by atoms with van der Waals surface area (Å²) in [4.78, 5) is 8.87. The van der Waals surface area contributed by atoms with E-state index >= 15 is 0 Å². The van der Waals surface area contributed by atoms with Crippen LogP contribution in [0.2, 0.25) is 0 Å². The van der Waals surface area contributed by atoms with E-state index in [9.17, 15) is 12.8 Å². The smallest absolute Gasteiger partial charge is 0.222 e. The summed E-state index contributed by atoms with van der Waals surface area (Å²) in [6, 6.07) is 0. The highest BCUT2D eigenvalue weighted by molar-refractivity contribution is 8.01. The Hall–Kier alpha value is -1.09.